The van der Waals surface area contributed by atoms with Gasteiger partial charge in [0.05, 0.1) is 20.8 Å². The molecule has 0 spiro atoms. The van der Waals surface area contributed by atoms with E-state index in [0.29, 0.717) is 26.5 Å². The van der Waals surface area contributed by atoms with Crippen LogP contribution in [0, 0.1) is 6.92 Å². The van der Waals surface area contributed by atoms with Crippen LogP contribution < -0.4 is 10.1 Å². The van der Waals surface area contributed by atoms with Gasteiger partial charge in [0.25, 0.3) is 5.91 Å². The first-order chi connectivity index (χ1) is 9.95. The zero-order chi connectivity index (χ0) is 15.4. The average Bonchev–Trinajstić information content (AvgIpc) is 2.44. The predicted octanol–water partition coefficient (Wildman–Crippen LogP) is 4.97. The first-order valence-corrected chi connectivity index (χ1v) is 7.23. The summed E-state index contributed by atoms with van der Waals surface area (Å²) in [6.45, 7) is 1.85. The van der Waals surface area contributed by atoms with Crippen LogP contribution >= 0.6 is 34.8 Å². The van der Waals surface area contributed by atoms with Crippen LogP contribution in [-0.2, 0) is 4.79 Å². The molecule has 2 rings (SSSR count). The van der Waals surface area contributed by atoms with Gasteiger partial charge in [-0.05, 0) is 31.2 Å². The number of hydrogen-bond acceptors (Lipinski definition) is 2. The molecule has 0 bridgehead atoms. The van der Waals surface area contributed by atoms with E-state index >= 15 is 0 Å². The van der Waals surface area contributed by atoms with Crippen LogP contribution in [0.5, 0.6) is 5.75 Å². The number of aryl methyl sites for hydroxylation is 1. The molecule has 3 nitrogen and oxygen atoms in total. The smallest absolute Gasteiger partial charge is 0.262 e. The zero-order valence-electron chi connectivity index (χ0n) is 11.1. The van der Waals surface area contributed by atoms with Crippen LogP contribution in [0.3, 0.4) is 0 Å². The lowest BCUT2D eigenvalue weighted by Gasteiger charge is -2.10. The maximum Gasteiger partial charge on any atom is 0.262 e. The van der Waals surface area contributed by atoms with Gasteiger partial charge in [-0.3, -0.25) is 4.79 Å². The second-order valence-electron chi connectivity index (χ2n) is 4.40. The topological polar surface area (TPSA) is 38.3 Å². The van der Waals surface area contributed by atoms with Crippen molar-refractivity contribution in [1.29, 1.82) is 0 Å². The van der Waals surface area contributed by atoms with Gasteiger partial charge in [-0.1, -0.05) is 52.5 Å². The van der Waals surface area contributed by atoms with Crippen LogP contribution in [-0.4, -0.2) is 12.5 Å². The molecule has 0 unspecified atom stereocenters. The van der Waals surface area contributed by atoms with Gasteiger partial charge in [-0.2, -0.15) is 0 Å². The Morgan fingerprint density at radius 1 is 1.05 bits per heavy atom. The zero-order valence-corrected chi connectivity index (χ0v) is 13.4. The summed E-state index contributed by atoms with van der Waals surface area (Å²) in [7, 11) is 0. The second-order valence-corrected chi connectivity index (χ2v) is 5.62. The average molecular weight is 345 g/mol. The number of anilines is 1. The highest BCUT2D eigenvalue weighted by Gasteiger charge is 2.10. The molecule has 0 aliphatic carbocycles. The number of halogens is 3. The minimum absolute atomic E-state index is 0.125. The lowest BCUT2D eigenvalue weighted by atomic mass is 10.2. The van der Waals surface area contributed by atoms with Gasteiger partial charge < -0.3 is 10.1 Å². The summed E-state index contributed by atoms with van der Waals surface area (Å²) in [5.74, 6) is 0.284. The van der Waals surface area contributed by atoms with Gasteiger partial charge >= 0.3 is 0 Å². The van der Waals surface area contributed by atoms with Gasteiger partial charge in [0, 0.05) is 0 Å². The van der Waals surface area contributed by atoms with Crippen LogP contribution in [0.15, 0.2) is 36.4 Å². The Bertz CT molecular complexity index is 657. The summed E-state index contributed by atoms with van der Waals surface area (Å²) < 4.78 is 5.37. The highest BCUT2D eigenvalue weighted by atomic mass is 35.5. The normalized spacial score (nSPS) is 10.3. The summed E-state index contributed by atoms with van der Waals surface area (Å²) >= 11 is 17.7. The molecule has 0 radical (unpaired) electrons. The molecule has 0 aliphatic rings. The molecule has 0 atom stereocenters. The Kier molecular flexibility index (Phi) is 5.34. The van der Waals surface area contributed by atoms with Gasteiger partial charge in [-0.25, -0.2) is 0 Å². The lowest BCUT2D eigenvalue weighted by molar-refractivity contribution is -0.118. The van der Waals surface area contributed by atoms with Crippen molar-refractivity contribution in [2.24, 2.45) is 0 Å². The number of rotatable bonds is 4. The van der Waals surface area contributed by atoms with Crippen LogP contribution in [0.4, 0.5) is 5.69 Å². The molecule has 1 amide bonds. The van der Waals surface area contributed by atoms with Crippen molar-refractivity contribution in [3.63, 3.8) is 0 Å². The van der Waals surface area contributed by atoms with E-state index in [2.05, 4.69) is 5.32 Å². The molecule has 21 heavy (non-hydrogen) atoms. The molecule has 0 saturated carbocycles. The van der Waals surface area contributed by atoms with E-state index in [4.69, 9.17) is 39.5 Å². The van der Waals surface area contributed by atoms with Crippen LogP contribution in [0.2, 0.25) is 15.1 Å². The largest absolute Gasteiger partial charge is 0.484 e. The molecule has 0 aliphatic heterocycles. The summed E-state index contributed by atoms with van der Waals surface area (Å²) in [6, 6.07) is 10.4. The third-order valence-electron chi connectivity index (χ3n) is 2.67. The molecule has 110 valence electrons. The molecule has 1 N–H and O–H groups in total. The fourth-order valence-electron chi connectivity index (χ4n) is 1.59. The van der Waals surface area contributed by atoms with Gasteiger partial charge in [0.2, 0.25) is 0 Å². The van der Waals surface area contributed by atoms with Crippen molar-refractivity contribution < 1.29 is 9.53 Å². The summed E-state index contributed by atoms with van der Waals surface area (Å²) in [6.07, 6.45) is 0. The van der Waals surface area contributed by atoms with Gasteiger partial charge in [0.1, 0.15) is 5.75 Å². The monoisotopic (exact) mass is 343 g/mol. The number of amides is 1. The van der Waals surface area contributed by atoms with E-state index in [1.54, 1.807) is 12.1 Å². The second kappa shape index (κ2) is 7.03. The number of benzene rings is 2. The van der Waals surface area contributed by atoms with Gasteiger partial charge in [0.15, 0.2) is 6.61 Å². The summed E-state index contributed by atoms with van der Waals surface area (Å²) in [5.41, 5.74) is 1.51. The minimum Gasteiger partial charge on any atom is -0.484 e. The molecule has 0 saturated heterocycles. The van der Waals surface area contributed by atoms with Crippen molar-refractivity contribution in [3.05, 3.63) is 57.0 Å². The van der Waals surface area contributed by atoms with E-state index in [1.807, 2.05) is 19.1 Å². The number of carbonyl (C=O) groups is 1. The summed E-state index contributed by atoms with van der Waals surface area (Å²) in [5, 5.41) is 3.58. The first-order valence-electron chi connectivity index (χ1n) is 6.09. The van der Waals surface area contributed by atoms with Crippen molar-refractivity contribution in [3.8, 4) is 5.75 Å². The molecule has 0 heterocycles. The third kappa shape index (κ3) is 4.53. The maximum atomic E-state index is 11.8. The highest BCUT2D eigenvalue weighted by Crippen LogP contribution is 2.32. The number of carbonyl (C=O) groups excluding carboxylic acids is 1. The lowest BCUT2D eigenvalue weighted by Crippen LogP contribution is -2.20. The fraction of sp³-hybridized carbons (Fsp3) is 0.133. The fourth-order valence-corrected chi connectivity index (χ4v) is 2.18. The number of ether oxygens (including phenoxy) is 1. The van der Waals surface area contributed by atoms with Crippen molar-refractivity contribution in [1.82, 2.24) is 0 Å². The molecular formula is C15H12Cl3NO2. The molecule has 0 fully saturated rings. The highest BCUT2D eigenvalue weighted by molar-refractivity contribution is 6.44. The maximum absolute atomic E-state index is 11.8. The van der Waals surface area contributed by atoms with Crippen LogP contribution in [0.25, 0.3) is 0 Å². The first kappa shape index (κ1) is 16.0. The SMILES string of the molecule is Cc1ccc(OCC(=O)Nc2cc(Cl)c(Cl)cc2Cl)cc1. The predicted molar refractivity (Wildman–Crippen MR) is 86.8 cm³/mol. The quantitative estimate of drug-likeness (QED) is 0.795. The minimum atomic E-state index is -0.337. The molecule has 6 heteroatoms. The molecular weight excluding hydrogens is 333 g/mol. The summed E-state index contributed by atoms with van der Waals surface area (Å²) in [4.78, 5) is 11.8. The van der Waals surface area contributed by atoms with E-state index in [1.165, 1.54) is 12.1 Å². The number of hydrogen-bond donors (Lipinski definition) is 1. The van der Waals surface area contributed by atoms with Crippen molar-refractivity contribution in [2.45, 2.75) is 6.92 Å². The van der Waals surface area contributed by atoms with E-state index in [0.717, 1.165) is 5.56 Å². The Balaban J connectivity index is 1.96. The van der Waals surface area contributed by atoms with Gasteiger partial charge in [-0.15, -0.1) is 0 Å². The van der Waals surface area contributed by atoms with Crippen molar-refractivity contribution in [2.75, 3.05) is 11.9 Å². The third-order valence-corrected chi connectivity index (χ3v) is 3.71. The van der Waals surface area contributed by atoms with E-state index < -0.39 is 0 Å². The van der Waals surface area contributed by atoms with Crippen LogP contribution in [0.1, 0.15) is 5.56 Å². The Morgan fingerprint density at radius 3 is 2.33 bits per heavy atom. The van der Waals surface area contributed by atoms with E-state index in [-0.39, 0.29) is 12.5 Å². The Labute approximate surface area is 137 Å². The number of nitrogens with one attached hydrogen (secondary N) is 1. The Morgan fingerprint density at radius 2 is 1.67 bits per heavy atom. The standard InChI is InChI=1S/C15H12Cl3NO2/c1-9-2-4-10(5-3-9)21-8-15(20)19-14-7-12(17)11(16)6-13(14)18/h2-7H,8H2,1H3,(H,19,20). The molecule has 2 aromatic rings. The molecule has 0 aromatic heterocycles. The molecule has 2 aromatic carbocycles. The van der Waals surface area contributed by atoms with Crippen molar-refractivity contribution >= 4 is 46.4 Å². The Hall–Kier alpha value is -1.42. The van der Waals surface area contributed by atoms with E-state index in [9.17, 15) is 4.79 Å².